The van der Waals surface area contributed by atoms with Gasteiger partial charge in [0.1, 0.15) is 5.78 Å². The Morgan fingerprint density at radius 1 is 0.839 bits per heavy atom. The van der Waals surface area contributed by atoms with Gasteiger partial charge in [-0.1, -0.05) is 120 Å². The van der Waals surface area contributed by atoms with Crippen LogP contribution in [0.1, 0.15) is 85.5 Å². The average molecular weight is 439 g/mol. The third kappa shape index (κ3) is 6.63. The van der Waals surface area contributed by atoms with Crippen LogP contribution in [0, 0.1) is 5.92 Å². The molecule has 0 bridgehead atoms. The van der Waals surface area contributed by atoms with Crippen LogP contribution in [0.3, 0.4) is 0 Å². The molecule has 0 amide bonds. The average Bonchev–Trinajstić information content (AvgIpc) is 2.80. The van der Waals surface area contributed by atoms with Crippen molar-refractivity contribution in [3.05, 3.63) is 60.7 Å². The van der Waals surface area contributed by atoms with Crippen LogP contribution in [-0.2, 0) is 4.79 Å². The molecular weight excluding hydrogens is 396 g/mol. The Kier molecular flexibility index (Phi) is 10.2. The summed E-state index contributed by atoms with van der Waals surface area (Å²) in [5.74, 6) is 0.389. The first-order valence-corrected chi connectivity index (χ1v) is 14.2. The van der Waals surface area contributed by atoms with E-state index in [1.807, 2.05) is 36.4 Å². The smallest absolute Gasteiger partial charge is 0.258 e. The number of Topliss-reactive ketones (excluding diaryl/α,β-unsaturated/α-hetero) is 1. The fourth-order valence-corrected chi connectivity index (χ4v) is 8.63. The van der Waals surface area contributed by atoms with E-state index < -0.39 is 8.32 Å². The minimum atomic E-state index is -3.06. The first kappa shape index (κ1) is 25.5. The standard InChI is InChI=1S/C28H42O2Si/c1-5-7-8-9-10-17-22-27(29)24(6-2)23-28(3,4)31(30,25-18-13-11-14-19-25)26-20-15-12-16-21-26/h11-16,18-21,24,30H,5-10,17,22-23H2,1-4H3. The SMILES string of the molecule is CCCCCCCCC(=O)C(CC)CC(C)(C)[Si](O)(c1ccccc1)c1ccccc1. The lowest BCUT2D eigenvalue weighted by molar-refractivity contribution is -0.123. The van der Waals surface area contributed by atoms with Crippen LogP contribution in [0.15, 0.2) is 60.7 Å². The lowest BCUT2D eigenvalue weighted by atomic mass is 9.88. The van der Waals surface area contributed by atoms with Gasteiger partial charge in [-0.25, -0.2) is 0 Å². The fourth-order valence-electron chi connectivity index (χ4n) is 4.84. The van der Waals surface area contributed by atoms with Gasteiger partial charge >= 0.3 is 0 Å². The van der Waals surface area contributed by atoms with Gasteiger partial charge in [0, 0.05) is 12.3 Å². The van der Waals surface area contributed by atoms with Crippen LogP contribution in [0.5, 0.6) is 0 Å². The normalized spacial score (nSPS) is 13.2. The maximum Gasteiger partial charge on any atom is 0.258 e. The number of hydrogen-bond acceptors (Lipinski definition) is 2. The second-order valence-electron chi connectivity index (χ2n) is 9.62. The molecular formula is C28H42O2Si. The fraction of sp³-hybridized carbons (Fsp3) is 0.536. The van der Waals surface area contributed by atoms with Crippen LogP contribution in [0.4, 0.5) is 0 Å². The summed E-state index contributed by atoms with van der Waals surface area (Å²) in [4.78, 5) is 25.4. The highest BCUT2D eigenvalue weighted by Gasteiger charge is 2.50. The molecule has 1 N–H and O–H groups in total. The van der Waals surface area contributed by atoms with Crippen molar-refractivity contribution in [3.63, 3.8) is 0 Å². The molecule has 0 radical (unpaired) electrons. The van der Waals surface area contributed by atoms with Crippen molar-refractivity contribution in [2.45, 2.75) is 90.5 Å². The molecule has 0 saturated carbocycles. The number of benzene rings is 2. The second-order valence-corrected chi connectivity index (χ2v) is 13.5. The minimum Gasteiger partial charge on any atom is -0.424 e. The molecule has 2 nitrogen and oxygen atoms in total. The molecule has 0 aromatic heterocycles. The molecule has 2 rings (SSSR count). The van der Waals surface area contributed by atoms with Gasteiger partial charge in [0.05, 0.1) is 0 Å². The molecule has 0 aliphatic carbocycles. The molecule has 2 aromatic carbocycles. The van der Waals surface area contributed by atoms with Gasteiger partial charge in [0.15, 0.2) is 0 Å². The maximum atomic E-state index is 13.1. The van der Waals surface area contributed by atoms with E-state index in [0.29, 0.717) is 12.2 Å². The Hall–Kier alpha value is -1.71. The zero-order valence-electron chi connectivity index (χ0n) is 20.1. The summed E-state index contributed by atoms with van der Waals surface area (Å²) in [7, 11) is -3.06. The van der Waals surface area contributed by atoms with Gasteiger partial charge in [0.2, 0.25) is 0 Å². The van der Waals surface area contributed by atoms with Crippen molar-refractivity contribution in [3.8, 4) is 0 Å². The van der Waals surface area contributed by atoms with Gasteiger partial charge in [0.25, 0.3) is 8.32 Å². The number of carbonyl (C=O) groups is 1. The first-order chi connectivity index (χ1) is 14.9. The lowest BCUT2D eigenvalue weighted by Gasteiger charge is -2.42. The largest absolute Gasteiger partial charge is 0.424 e. The lowest BCUT2D eigenvalue weighted by Crippen LogP contribution is -2.65. The van der Waals surface area contributed by atoms with Crippen LogP contribution in [0.25, 0.3) is 0 Å². The highest BCUT2D eigenvalue weighted by molar-refractivity contribution is 6.98. The van der Waals surface area contributed by atoms with Crippen LogP contribution < -0.4 is 10.4 Å². The van der Waals surface area contributed by atoms with E-state index in [1.54, 1.807) is 0 Å². The zero-order valence-corrected chi connectivity index (χ0v) is 21.1. The predicted molar refractivity (Wildman–Crippen MR) is 136 cm³/mol. The van der Waals surface area contributed by atoms with Crippen LogP contribution in [-0.4, -0.2) is 18.9 Å². The van der Waals surface area contributed by atoms with Gasteiger partial charge < -0.3 is 4.80 Å². The predicted octanol–water partition coefficient (Wildman–Crippen LogP) is 6.25. The summed E-state index contributed by atoms with van der Waals surface area (Å²) in [5.41, 5.74) is 0. The molecule has 0 heterocycles. The Balaban J connectivity index is 2.18. The second kappa shape index (κ2) is 12.4. The molecule has 0 saturated heterocycles. The summed E-state index contributed by atoms with van der Waals surface area (Å²) >= 11 is 0. The van der Waals surface area contributed by atoms with Crippen molar-refractivity contribution in [1.29, 1.82) is 0 Å². The number of rotatable bonds is 14. The Bertz CT molecular complexity index is 731. The van der Waals surface area contributed by atoms with E-state index in [2.05, 4.69) is 52.0 Å². The Morgan fingerprint density at radius 3 is 1.81 bits per heavy atom. The number of ketones is 1. The number of hydrogen-bond donors (Lipinski definition) is 1. The zero-order chi connectivity index (χ0) is 22.7. The van der Waals surface area contributed by atoms with Gasteiger partial charge in [-0.3, -0.25) is 4.79 Å². The van der Waals surface area contributed by atoms with Gasteiger partial charge in [-0.2, -0.15) is 0 Å². The van der Waals surface area contributed by atoms with Gasteiger partial charge in [-0.15, -0.1) is 0 Å². The van der Waals surface area contributed by atoms with Crippen molar-refractivity contribution < 1.29 is 9.59 Å². The van der Waals surface area contributed by atoms with E-state index in [-0.39, 0.29) is 11.0 Å². The summed E-state index contributed by atoms with van der Waals surface area (Å²) in [6.07, 6.45) is 9.45. The summed E-state index contributed by atoms with van der Waals surface area (Å²) in [5, 5.41) is 1.67. The maximum absolute atomic E-state index is 13.1. The van der Waals surface area contributed by atoms with E-state index in [0.717, 1.165) is 36.1 Å². The van der Waals surface area contributed by atoms with E-state index in [1.165, 1.54) is 25.7 Å². The molecule has 0 fully saturated rings. The third-order valence-electron chi connectivity index (χ3n) is 6.84. The number of carbonyl (C=O) groups excluding carboxylic acids is 1. The van der Waals surface area contributed by atoms with Gasteiger partial charge in [-0.05, 0) is 34.7 Å². The van der Waals surface area contributed by atoms with Crippen molar-refractivity contribution >= 4 is 24.5 Å². The summed E-state index contributed by atoms with van der Waals surface area (Å²) < 4.78 is 0. The first-order valence-electron chi connectivity index (χ1n) is 12.2. The topological polar surface area (TPSA) is 37.3 Å². The molecule has 0 aliphatic heterocycles. The highest BCUT2D eigenvalue weighted by atomic mass is 28.4. The molecule has 170 valence electrons. The van der Waals surface area contributed by atoms with Crippen molar-refractivity contribution in [1.82, 2.24) is 0 Å². The summed E-state index contributed by atoms with van der Waals surface area (Å²) in [6, 6.07) is 20.2. The number of unbranched alkanes of at least 4 members (excludes halogenated alkanes) is 5. The monoisotopic (exact) mass is 438 g/mol. The molecule has 0 aliphatic rings. The quantitative estimate of drug-likeness (QED) is 0.279. The minimum absolute atomic E-state index is 0.0112. The van der Waals surface area contributed by atoms with Crippen LogP contribution >= 0.6 is 0 Å². The summed E-state index contributed by atoms with van der Waals surface area (Å²) in [6.45, 7) is 8.68. The van der Waals surface area contributed by atoms with Crippen molar-refractivity contribution in [2.75, 3.05) is 0 Å². The molecule has 31 heavy (non-hydrogen) atoms. The Morgan fingerprint density at radius 2 is 1.32 bits per heavy atom. The molecule has 1 unspecified atom stereocenters. The van der Waals surface area contributed by atoms with Crippen molar-refractivity contribution in [2.24, 2.45) is 5.92 Å². The van der Waals surface area contributed by atoms with E-state index >= 15 is 0 Å². The third-order valence-corrected chi connectivity index (χ3v) is 11.3. The molecule has 2 aromatic rings. The van der Waals surface area contributed by atoms with E-state index in [4.69, 9.17) is 0 Å². The molecule has 3 heteroatoms. The molecule has 0 spiro atoms. The Labute approximate surface area is 191 Å². The van der Waals surface area contributed by atoms with E-state index in [9.17, 15) is 9.59 Å². The highest BCUT2D eigenvalue weighted by Crippen LogP contribution is 2.42. The van der Waals surface area contributed by atoms with Crippen LogP contribution in [0.2, 0.25) is 5.04 Å². The molecule has 1 atom stereocenters.